The molecule has 4 nitrogen and oxygen atoms in total. The van der Waals surface area contributed by atoms with Gasteiger partial charge in [0.25, 0.3) is 11.5 Å². The summed E-state index contributed by atoms with van der Waals surface area (Å²) in [6, 6.07) is 13.5. The summed E-state index contributed by atoms with van der Waals surface area (Å²) >= 11 is 0. The van der Waals surface area contributed by atoms with Crippen LogP contribution in [-0.4, -0.2) is 22.3 Å². The highest BCUT2D eigenvalue weighted by atomic mass is 19.1. The van der Waals surface area contributed by atoms with Gasteiger partial charge in [-0.15, -0.1) is 0 Å². The van der Waals surface area contributed by atoms with Gasteiger partial charge in [0.1, 0.15) is 5.82 Å². The van der Waals surface area contributed by atoms with E-state index in [1.165, 1.54) is 17.0 Å². The Morgan fingerprint density at radius 1 is 1.15 bits per heavy atom. The number of aryl methyl sites for hydroxylation is 1. The number of nitrogens with zero attached hydrogens (tertiary/aromatic N) is 1. The zero-order chi connectivity index (χ0) is 18.7. The van der Waals surface area contributed by atoms with Crippen LogP contribution in [0.15, 0.2) is 53.3 Å². The van der Waals surface area contributed by atoms with Crippen molar-refractivity contribution in [1.29, 1.82) is 0 Å². The fourth-order valence-corrected chi connectivity index (χ4v) is 3.08. The van der Waals surface area contributed by atoms with Crippen molar-refractivity contribution in [2.75, 3.05) is 6.54 Å². The Morgan fingerprint density at radius 2 is 1.92 bits per heavy atom. The van der Waals surface area contributed by atoms with Gasteiger partial charge in [-0.05, 0) is 42.5 Å². The van der Waals surface area contributed by atoms with Crippen molar-refractivity contribution in [3.05, 3.63) is 81.4 Å². The van der Waals surface area contributed by atoms with Gasteiger partial charge in [-0.2, -0.15) is 0 Å². The van der Waals surface area contributed by atoms with Crippen LogP contribution in [0.5, 0.6) is 0 Å². The summed E-state index contributed by atoms with van der Waals surface area (Å²) in [6.45, 7) is 4.46. The van der Waals surface area contributed by atoms with E-state index in [9.17, 15) is 14.0 Å². The average Bonchev–Trinajstić information content (AvgIpc) is 2.62. The number of hydrogen-bond donors (Lipinski definition) is 1. The van der Waals surface area contributed by atoms with Crippen LogP contribution in [0.2, 0.25) is 0 Å². The molecule has 2 aromatic carbocycles. The van der Waals surface area contributed by atoms with Crippen molar-refractivity contribution in [1.82, 2.24) is 9.88 Å². The highest BCUT2D eigenvalue weighted by molar-refractivity contribution is 5.94. The lowest BCUT2D eigenvalue weighted by Gasteiger charge is -2.22. The number of para-hydroxylation sites is 1. The van der Waals surface area contributed by atoms with Gasteiger partial charge in [0.15, 0.2) is 0 Å². The number of aromatic amines is 1. The van der Waals surface area contributed by atoms with Crippen LogP contribution in [0.25, 0.3) is 10.9 Å². The maximum absolute atomic E-state index is 14.0. The summed E-state index contributed by atoms with van der Waals surface area (Å²) in [5.41, 5.74) is 2.06. The molecule has 26 heavy (non-hydrogen) atoms. The lowest BCUT2D eigenvalue weighted by molar-refractivity contribution is 0.0738. The second kappa shape index (κ2) is 7.52. The first kappa shape index (κ1) is 17.9. The molecule has 0 aliphatic heterocycles. The minimum atomic E-state index is -0.554. The van der Waals surface area contributed by atoms with Gasteiger partial charge in [-0.25, -0.2) is 4.39 Å². The summed E-state index contributed by atoms with van der Waals surface area (Å²) in [5, 5.41) is 0.911. The van der Waals surface area contributed by atoms with Crippen molar-refractivity contribution >= 4 is 16.8 Å². The lowest BCUT2D eigenvalue weighted by Crippen LogP contribution is -2.34. The molecule has 0 atom stereocenters. The topological polar surface area (TPSA) is 53.2 Å². The Kier molecular flexibility index (Phi) is 5.16. The van der Waals surface area contributed by atoms with E-state index in [2.05, 4.69) is 4.98 Å². The standard InChI is InChI=1S/C21H21FN2O2/c1-3-11-24(21(26)17-9-4-5-10-18(17)22)13-16-12-15-8-6-7-14(2)19(15)23-20(16)25/h4-10,12H,3,11,13H2,1-2H3,(H,23,25). The molecule has 5 heteroatoms. The third kappa shape index (κ3) is 3.52. The first-order valence-electron chi connectivity index (χ1n) is 8.66. The van der Waals surface area contributed by atoms with Crippen LogP contribution in [0.1, 0.15) is 34.8 Å². The van der Waals surface area contributed by atoms with Gasteiger partial charge in [-0.1, -0.05) is 37.3 Å². The number of pyridine rings is 1. The number of H-pyrrole nitrogens is 1. The molecule has 3 rings (SSSR count). The molecule has 0 saturated carbocycles. The highest BCUT2D eigenvalue weighted by Crippen LogP contribution is 2.17. The van der Waals surface area contributed by atoms with Crippen LogP contribution in [-0.2, 0) is 6.54 Å². The Bertz CT molecular complexity index is 1010. The van der Waals surface area contributed by atoms with E-state index in [1.54, 1.807) is 18.2 Å². The number of fused-ring (bicyclic) bond motifs is 1. The van der Waals surface area contributed by atoms with Crippen LogP contribution in [0, 0.1) is 12.7 Å². The molecule has 3 aromatic rings. The van der Waals surface area contributed by atoms with Crippen molar-refractivity contribution in [2.24, 2.45) is 0 Å². The molecule has 1 N–H and O–H groups in total. The van der Waals surface area contributed by atoms with E-state index < -0.39 is 11.7 Å². The summed E-state index contributed by atoms with van der Waals surface area (Å²) in [5.74, 6) is -0.963. The number of benzene rings is 2. The third-order valence-corrected chi connectivity index (χ3v) is 4.41. The summed E-state index contributed by atoms with van der Waals surface area (Å²) in [6.07, 6.45) is 0.713. The molecule has 1 aromatic heterocycles. The molecule has 0 fully saturated rings. The van der Waals surface area contributed by atoms with Gasteiger partial charge in [-0.3, -0.25) is 9.59 Å². The molecule has 0 aliphatic carbocycles. The molecule has 0 aliphatic rings. The van der Waals surface area contributed by atoms with Gasteiger partial charge < -0.3 is 9.88 Å². The Labute approximate surface area is 151 Å². The van der Waals surface area contributed by atoms with Crippen molar-refractivity contribution in [2.45, 2.75) is 26.8 Å². The Balaban J connectivity index is 1.97. The molecule has 0 saturated heterocycles. The van der Waals surface area contributed by atoms with E-state index in [1.807, 2.05) is 32.0 Å². The smallest absolute Gasteiger partial charge is 0.257 e. The molecule has 0 unspecified atom stereocenters. The summed E-state index contributed by atoms with van der Waals surface area (Å²) in [7, 11) is 0. The van der Waals surface area contributed by atoms with E-state index in [-0.39, 0.29) is 17.7 Å². The summed E-state index contributed by atoms with van der Waals surface area (Å²) < 4.78 is 14.0. The maximum Gasteiger partial charge on any atom is 0.257 e. The summed E-state index contributed by atoms with van der Waals surface area (Å²) in [4.78, 5) is 29.7. The average molecular weight is 352 g/mol. The fraction of sp³-hybridized carbons (Fsp3) is 0.238. The fourth-order valence-electron chi connectivity index (χ4n) is 3.08. The molecule has 1 amide bonds. The minimum absolute atomic E-state index is 0.0222. The van der Waals surface area contributed by atoms with Crippen LogP contribution in [0.4, 0.5) is 4.39 Å². The maximum atomic E-state index is 14.0. The van der Waals surface area contributed by atoms with Gasteiger partial charge in [0.2, 0.25) is 0 Å². The first-order chi connectivity index (χ1) is 12.5. The molecule has 1 heterocycles. The molecular formula is C21H21FN2O2. The largest absolute Gasteiger partial charge is 0.334 e. The number of amides is 1. The van der Waals surface area contributed by atoms with Crippen LogP contribution < -0.4 is 5.56 Å². The number of aromatic nitrogens is 1. The molecule has 0 spiro atoms. The molecular weight excluding hydrogens is 331 g/mol. The second-order valence-electron chi connectivity index (χ2n) is 6.37. The zero-order valence-corrected chi connectivity index (χ0v) is 14.9. The van der Waals surface area contributed by atoms with Crippen molar-refractivity contribution in [3.8, 4) is 0 Å². The van der Waals surface area contributed by atoms with Crippen LogP contribution >= 0.6 is 0 Å². The monoisotopic (exact) mass is 352 g/mol. The van der Waals surface area contributed by atoms with Gasteiger partial charge >= 0.3 is 0 Å². The number of carbonyl (C=O) groups excluding carboxylic acids is 1. The molecule has 0 radical (unpaired) electrons. The normalized spacial score (nSPS) is 10.9. The van der Waals surface area contributed by atoms with E-state index in [0.29, 0.717) is 18.5 Å². The number of carbonyl (C=O) groups is 1. The number of halogens is 1. The van der Waals surface area contributed by atoms with Crippen molar-refractivity contribution in [3.63, 3.8) is 0 Å². The van der Waals surface area contributed by atoms with Crippen molar-refractivity contribution < 1.29 is 9.18 Å². The predicted molar refractivity (Wildman–Crippen MR) is 101 cm³/mol. The third-order valence-electron chi connectivity index (χ3n) is 4.41. The highest BCUT2D eigenvalue weighted by Gasteiger charge is 2.20. The first-order valence-corrected chi connectivity index (χ1v) is 8.66. The Morgan fingerprint density at radius 3 is 2.65 bits per heavy atom. The zero-order valence-electron chi connectivity index (χ0n) is 14.9. The minimum Gasteiger partial charge on any atom is -0.334 e. The SMILES string of the molecule is CCCN(Cc1cc2cccc(C)c2[nH]c1=O)C(=O)c1ccccc1F. The van der Waals surface area contributed by atoms with E-state index >= 15 is 0 Å². The molecule has 0 bridgehead atoms. The quantitative estimate of drug-likeness (QED) is 0.754. The second-order valence-corrected chi connectivity index (χ2v) is 6.37. The molecule has 134 valence electrons. The lowest BCUT2D eigenvalue weighted by atomic mass is 10.1. The predicted octanol–water partition coefficient (Wildman–Crippen LogP) is 4.03. The number of nitrogens with one attached hydrogen (secondary N) is 1. The van der Waals surface area contributed by atoms with E-state index in [4.69, 9.17) is 0 Å². The Hall–Kier alpha value is -2.95. The number of rotatable bonds is 5. The number of hydrogen-bond acceptors (Lipinski definition) is 2. The van der Waals surface area contributed by atoms with Gasteiger partial charge in [0.05, 0.1) is 17.6 Å². The van der Waals surface area contributed by atoms with Crippen LogP contribution in [0.3, 0.4) is 0 Å². The van der Waals surface area contributed by atoms with Gasteiger partial charge in [0, 0.05) is 12.1 Å². The van der Waals surface area contributed by atoms with E-state index in [0.717, 1.165) is 16.5 Å².